The topological polar surface area (TPSA) is 37.7 Å². The molecule has 3 heterocycles. The molecule has 0 spiro atoms. The first-order valence-electron chi connectivity index (χ1n) is 8.36. The number of fused-ring (bicyclic) bond motifs is 1. The van der Waals surface area contributed by atoms with Crippen LogP contribution in [0, 0.1) is 0 Å². The summed E-state index contributed by atoms with van der Waals surface area (Å²) < 4.78 is 5.65. The predicted molar refractivity (Wildman–Crippen MR) is 98.5 cm³/mol. The number of thioether (sulfide) groups is 1. The molecule has 1 aromatic carbocycles. The van der Waals surface area contributed by atoms with E-state index in [0.29, 0.717) is 6.04 Å². The number of aromatic nitrogens is 1. The third-order valence-electron chi connectivity index (χ3n) is 4.79. The van der Waals surface area contributed by atoms with E-state index < -0.39 is 0 Å². The Morgan fingerprint density at radius 3 is 2.79 bits per heavy atom. The van der Waals surface area contributed by atoms with Gasteiger partial charge in [-0.05, 0) is 24.6 Å². The van der Waals surface area contributed by atoms with Crippen LogP contribution in [0.2, 0.25) is 0 Å². The van der Waals surface area contributed by atoms with Gasteiger partial charge in [-0.15, -0.1) is 0 Å². The molecule has 0 radical (unpaired) electrons. The number of methoxy groups -OCH3 is 1. The maximum atomic E-state index is 5.65. The number of pyridine rings is 1. The smallest absolute Gasteiger partial charge is 0.160 e. The van der Waals surface area contributed by atoms with E-state index in [1.54, 1.807) is 7.11 Å². The van der Waals surface area contributed by atoms with E-state index in [4.69, 9.17) is 9.73 Å². The summed E-state index contributed by atoms with van der Waals surface area (Å²) in [5.74, 6) is 2.03. The molecule has 0 unspecified atom stereocenters. The zero-order valence-electron chi connectivity index (χ0n) is 13.9. The molecule has 1 fully saturated rings. The van der Waals surface area contributed by atoms with Crippen LogP contribution in [0.1, 0.15) is 36.7 Å². The van der Waals surface area contributed by atoms with E-state index in [9.17, 15) is 0 Å². The third-order valence-corrected chi connectivity index (χ3v) is 5.91. The van der Waals surface area contributed by atoms with Gasteiger partial charge < -0.3 is 9.64 Å². The minimum atomic E-state index is 0.0133. The molecule has 4 rings (SSSR count). The summed E-state index contributed by atoms with van der Waals surface area (Å²) in [5, 5.41) is 1.15. The normalized spacial score (nSPS) is 25.5. The highest BCUT2D eigenvalue weighted by molar-refractivity contribution is 8.14. The minimum absolute atomic E-state index is 0.0133. The van der Waals surface area contributed by atoms with Crippen LogP contribution in [0.3, 0.4) is 0 Å². The van der Waals surface area contributed by atoms with Gasteiger partial charge in [-0.1, -0.05) is 43.0 Å². The molecule has 24 heavy (non-hydrogen) atoms. The molecule has 0 bridgehead atoms. The Labute approximate surface area is 147 Å². The molecule has 1 saturated heterocycles. The zero-order chi connectivity index (χ0) is 16.5. The van der Waals surface area contributed by atoms with Gasteiger partial charge in [-0.2, -0.15) is 0 Å². The number of hydrogen-bond acceptors (Lipinski definition) is 5. The van der Waals surface area contributed by atoms with Gasteiger partial charge in [0.2, 0.25) is 0 Å². The van der Waals surface area contributed by atoms with Crippen LogP contribution in [-0.4, -0.2) is 34.0 Å². The van der Waals surface area contributed by atoms with Crippen molar-refractivity contribution in [2.75, 3.05) is 12.9 Å². The Balaban J connectivity index is 1.83. The molecule has 0 N–H and O–H groups in total. The minimum Gasteiger partial charge on any atom is -0.496 e. The molecule has 124 valence electrons. The van der Waals surface area contributed by atoms with Crippen molar-refractivity contribution in [3.8, 4) is 5.75 Å². The number of ether oxygens (including phenoxy) is 1. The van der Waals surface area contributed by atoms with E-state index in [1.807, 2.05) is 42.2 Å². The molecule has 3 atom stereocenters. The van der Waals surface area contributed by atoms with Crippen LogP contribution in [0.4, 0.5) is 0 Å². The molecule has 0 saturated carbocycles. The fraction of sp³-hybridized carbons (Fsp3) is 0.368. The Bertz CT molecular complexity index is 749. The molecule has 2 aromatic rings. The first kappa shape index (κ1) is 15.5. The van der Waals surface area contributed by atoms with Gasteiger partial charge in [-0.3, -0.25) is 9.98 Å². The number of para-hydroxylation sites is 1. The number of benzene rings is 1. The Hall–Kier alpha value is -2.01. The lowest BCUT2D eigenvalue weighted by Gasteiger charge is -2.32. The SMILES string of the molecule is CC[C@H]1CSC2=N[C@H](c3ccccn3)[C@@H](c3ccccc3OC)N21. The maximum Gasteiger partial charge on any atom is 0.160 e. The molecule has 0 aliphatic carbocycles. The van der Waals surface area contributed by atoms with Crippen LogP contribution in [0.15, 0.2) is 53.7 Å². The second kappa shape index (κ2) is 6.48. The van der Waals surface area contributed by atoms with Crippen molar-refractivity contribution >= 4 is 16.9 Å². The summed E-state index contributed by atoms with van der Waals surface area (Å²) in [4.78, 5) is 12.1. The largest absolute Gasteiger partial charge is 0.496 e. The third kappa shape index (κ3) is 2.47. The molecule has 2 aliphatic rings. The first-order valence-corrected chi connectivity index (χ1v) is 9.34. The molecule has 4 nitrogen and oxygen atoms in total. The zero-order valence-corrected chi connectivity index (χ0v) is 14.7. The second-order valence-corrected chi connectivity index (χ2v) is 7.07. The van der Waals surface area contributed by atoms with Crippen molar-refractivity contribution in [3.63, 3.8) is 0 Å². The van der Waals surface area contributed by atoms with Crippen molar-refractivity contribution in [2.24, 2.45) is 4.99 Å². The fourth-order valence-electron chi connectivity index (χ4n) is 3.60. The average Bonchev–Trinajstić information content (AvgIpc) is 3.21. The van der Waals surface area contributed by atoms with E-state index in [-0.39, 0.29) is 12.1 Å². The van der Waals surface area contributed by atoms with Crippen molar-refractivity contribution in [1.82, 2.24) is 9.88 Å². The number of hydrogen-bond donors (Lipinski definition) is 0. The first-order chi connectivity index (χ1) is 11.8. The van der Waals surface area contributed by atoms with Crippen LogP contribution < -0.4 is 4.74 Å². The Kier molecular flexibility index (Phi) is 4.19. The van der Waals surface area contributed by atoms with Gasteiger partial charge in [0.05, 0.1) is 18.8 Å². The van der Waals surface area contributed by atoms with Crippen molar-refractivity contribution < 1.29 is 4.74 Å². The summed E-state index contributed by atoms with van der Waals surface area (Å²) in [5.41, 5.74) is 2.21. The lowest BCUT2D eigenvalue weighted by molar-refractivity contribution is 0.249. The van der Waals surface area contributed by atoms with Crippen LogP contribution in [-0.2, 0) is 0 Å². The van der Waals surface area contributed by atoms with Crippen LogP contribution in [0.5, 0.6) is 5.75 Å². The van der Waals surface area contributed by atoms with E-state index >= 15 is 0 Å². The van der Waals surface area contributed by atoms with Gasteiger partial charge in [0.25, 0.3) is 0 Å². The molecule has 0 amide bonds. The molecule has 1 aromatic heterocycles. The highest BCUT2D eigenvalue weighted by Gasteiger charge is 2.46. The maximum absolute atomic E-state index is 5.65. The van der Waals surface area contributed by atoms with Gasteiger partial charge in [0.15, 0.2) is 5.17 Å². The summed E-state index contributed by atoms with van der Waals surface area (Å²) in [6.07, 6.45) is 2.97. The fourth-order valence-corrected chi connectivity index (χ4v) is 4.94. The lowest BCUT2D eigenvalue weighted by Crippen LogP contribution is -2.35. The van der Waals surface area contributed by atoms with Crippen molar-refractivity contribution in [2.45, 2.75) is 31.5 Å². The van der Waals surface area contributed by atoms with Crippen molar-refractivity contribution in [1.29, 1.82) is 0 Å². The quantitative estimate of drug-likeness (QED) is 0.841. The summed E-state index contributed by atoms with van der Waals surface area (Å²) >= 11 is 1.86. The standard InChI is InChI=1S/C19H21N3OS/c1-3-13-12-24-19-21-17(15-9-6-7-11-20-15)18(22(13)19)14-8-4-5-10-16(14)23-2/h4-11,13,17-18H,3,12H2,1-2H3/t13-,17+,18+/m0/s1. The van der Waals surface area contributed by atoms with Crippen LogP contribution in [0.25, 0.3) is 0 Å². The number of rotatable bonds is 4. The highest BCUT2D eigenvalue weighted by Crippen LogP contribution is 2.50. The van der Waals surface area contributed by atoms with E-state index in [0.717, 1.165) is 28.8 Å². The highest BCUT2D eigenvalue weighted by atomic mass is 32.2. The van der Waals surface area contributed by atoms with Crippen molar-refractivity contribution in [3.05, 3.63) is 59.9 Å². The second-order valence-electron chi connectivity index (χ2n) is 6.08. The summed E-state index contributed by atoms with van der Waals surface area (Å²) in [7, 11) is 1.74. The van der Waals surface area contributed by atoms with Gasteiger partial charge in [0.1, 0.15) is 11.8 Å². The van der Waals surface area contributed by atoms with Gasteiger partial charge >= 0.3 is 0 Å². The Morgan fingerprint density at radius 2 is 2.04 bits per heavy atom. The molecule has 2 aliphatic heterocycles. The monoisotopic (exact) mass is 339 g/mol. The van der Waals surface area contributed by atoms with E-state index in [1.165, 1.54) is 5.56 Å². The number of amidine groups is 1. The molecular weight excluding hydrogens is 318 g/mol. The average molecular weight is 339 g/mol. The van der Waals surface area contributed by atoms with Gasteiger partial charge in [0, 0.05) is 23.6 Å². The van der Waals surface area contributed by atoms with E-state index in [2.05, 4.69) is 35.0 Å². The summed E-state index contributed by atoms with van der Waals surface area (Å²) in [6.45, 7) is 2.25. The lowest BCUT2D eigenvalue weighted by atomic mass is 9.94. The number of aliphatic imine (C=N–C) groups is 1. The van der Waals surface area contributed by atoms with Gasteiger partial charge in [-0.25, -0.2) is 0 Å². The Morgan fingerprint density at radius 1 is 1.21 bits per heavy atom. The molecule has 5 heteroatoms. The molecular formula is C19H21N3OS. The summed E-state index contributed by atoms with van der Waals surface area (Å²) in [6, 6.07) is 15.0. The number of nitrogens with zero attached hydrogens (tertiary/aromatic N) is 3. The predicted octanol–water partition coefficient (Wildman–Crippen LogP) is 4.07. The van der Waals surface area contributed by atoms with Crippen LogP contribution >= 0.6 is 11.8 Å².